The standard InChI is InChI=1S/C14H17F2N3O/c1-9-7-19(10(2)8-20-3)14(17-9)18-11-4-5-12(15)13(16)6-11/h4-7,10H,8H2,1-3H3,(H,17,18). The van der Waals surface area contributed by atoms with E-state index >= 15 is 0 Å². The second-order valence-corrected chi connectivity index (χ2v) is 4.67. The number of nitrogens with zero attached hydrogens (tertiary/aromatic N) is 2. The van der Waals surface area contributed by atoms with Crippen LogP contribution in [0.15, 0.2) is 24.4 Å². The fraction of sp³-hybridized carbons (Fsp3) is 0.357. The number of hydrogen-bond acceptors (Lipinski definition) is 3. The number of methoxy groups -OCH3 is 1. The summed E-state index contributed by atoms with van der Waals surface area (Å²) in [5.74, 6) is -1.20. The number of aryl methyl sites for hydroxylation is 1. The first-order valence-corrected chi connectivity index (χ1v) is 6.27. The first-order valence-electron chi connectivity index (χ1n) is 6.27. The minimum atomic E-state index is -0.894. The molecule has 4 nitrogen and oxygen atoms in total. The summed E-state index contributed by atoms with van der Waals surface area (Å²) < 4.78 is 33.1. The molecule has 0 aliphatic heterocycles. The van der Waals surface area contributed by atoms with Crippen molar-refractivity contribution >= 4 is 11.6 Å². The van der Waals surface area contributed by atoms with Crippen LogP contribution in [-0.4, -0.2) is 23.3 Å². The van der Waals surface area contributed by atoms with E-state index in [1.165, 1.54) is 6.07 Å². The predicted molar refractivity (Wildman–Crippen MR) is 73.2 cm³/mol. The number of anilines is 2. The van der Waals surface area contributed by atoms with Crippen LogP contribution in [0.5, 0.6) is 0 Å². The summed E-state index contributed by atoms with van der Waals surface area (Å²) in [6.45, 7) is 4.38. The van der Waals surface area contributed by atoms with Gasteiger partial charge in [0, 0.05) is 25.1 Å². The summed E-state index contributed by atoms with van der Waals surface area (Å²) in [5.41, 5.74) is 1.28. The van der Waals surface area contributed by atoms with Crippen LogP contribution in [0.25, 0.3) is 0 Å². The maximum atomic E-state index is 13.2. The first kappa shape index (κ1) is 14.5. The minimum absolute atomic E-state index is 0.0778. The van der Waals surface area contributed by atoms with Gasteiger partial charge >= 0.3 is 0 Å². The minimum Gasteiger partial charge on any atom is -0.383 e. The van der Waals surface area contributed by atoms with E-state index in [-0.39, 0.29) is 6.04 Å². The van der Waals surface area contributed by atoms with Crippen molar-refractivity contribution in [2.45, 2.75) is 19.9 Å². The van der Waals surface area contributed by atoms with E-state index in [0.717, 1.165) is 17.8 Å². The molecule has 0 fully saturated rings. The highest BCUT2D eigenvalue weighted by atomic mass is 19.2. The van der Waals surface area contributed by atoms with Gasteiger partial charge in [-0.05, 0) is 26.0 Å². The van der Waals surface area contributed by atoms with E-state index in [1.54, 1.807) is 7.11 Å². The summed E-state index contributed by atoms with van der Waals surface area (Å²) in [5, 5.41) is 2.99. The monoisotopic (exact) mass is 281 g/mol. The molecular formula is C14H17F2N3O. The number of halogens is 2. The van der Waals surface area contributed by atoms with Gasteiger partial charge in [-0.2, -0.15) is 0 Å². The van der Waals surface area contributed by atoms with Crippen molar-refractivity contribution in [1.29, 1.82) is 0 Å². The average Bonchev–Trinajstić information content (AvgIpc) is 2.75. The van der Waals surface area contributed by atoms with Gasteiger partial charge in [0.05, 0.1) is 18.3 Å². The Hall–Kier alpha value is -1.95. The molecule has 1 atom stereocenters. The van der Waals surface area contributed by atoms with Crippen molar-refractivity contribution < 1.29 is 13.5 Å². The van der Waals surface area contributed by atoms with Crippen LogP contribution in [-0.2, 0) is 4.74 Å². The van der Waals surface area contributed by atoms with Gasteiger partial charge in [-0.25, -0.2) is 13.8 Å². The van der Waals surface area contributed by atoms with E-state index in [0.29, 0.717) is 18.2 Å². The Bertz CT molecular complexity index is 598. The lowest BCUT2D eigenvalue weighted by Crippen LogP contribution is -2.12. The van der Waals surface area contributed by atoms with E-state index in [2.05, 4.69) is 10.3 Å². The summed E-state index contributed by atoms with van der Waals surface area (Å²) in [7, 11) is 1.63. The molecule has 0 bridgehead atoms. The SMILES string of the molecule is COCC(C)n1cc(C)nc1Nc1ccc(F)c(F)c1. The number of aromatic nitrogens is 2. The van der Waals surface area contributed by atoms with Crippen LogP contribution in [0.3, 0.4) is 0 Å². The Kier molecular flexibility index (Phi) is 4.34. The molecule has 1 aromatic carbocycles. The second kappa shape index (κ2) is 6.00. The van der Waals surface area contributed by atoms with Crippen LogP contribution in [0.2, 0.25) is 0 Å². The Balaban J connectivity index is 2.26. The molecule has 1 heterocycles. The second-order valence-electron chi connectivity index (χ2n) is 4.67. The number of rotatable bonds is 5. The van der Waals surface area contributed by atoms with Crippen LogP contribution in [0.4, 0.5) is 20.4 Å². The fourth-order valence-electron chi connectivity index (χ4n) is 1.97. The van der Waals surface area contributed by atoms with Gasteiger partial charge in [0.15, 0.2) is 11.6 Å². The van der Waals surface area contributed by atoms with Gasteiger partial charge in [-0.15, -0.1) is 0 Å². The summed E-state index contributed by atoms with van der Waals surface area (Å²) >= 11 is 0. The zero-order valence-corrected chi connectivity index (χ0v) is 11.7. The van der Waals surface area contributed by atoms with Crippen molar-refractivity contribution in [2.75, 3.05) is 19.0 Å². The molecule has 0 saturated carbocycles. The fourth-order valence-corrected chi connectivity index (χ4v) is 1.97. The number of benzene rings is 1. The maximum absolute atomic E-state index is 13.2. The van der Waals surface area contributed by atoms with Gasteiger partial charge in [0.25, 0.3) is 0 Å². The van der Waals surface area contributed by atoms with Crippen LogP contribution >= 0.6 is 0 Å². The third-order valence-corrected chi connectivity index (χ3v) is 2.91. The maximum Gasteiger partial charge on any atom is 0.207 e. The average molecular weight is 281 g/mol. The van der Waals surface area contributed by atoms with E-state index in [9.17, 15) is 8.78 Å². The van der Waals surface area contributed by atoms with Gasteiger partial charge in [-0.3, -0.25) is 0 Å². The third-order valence-electron chi connectivity index (χ3n) is 2.91. The normalized spacial score (nSPS) is 12.4. The third kappa shape index (κ3) is 3.14. The molecule has 2 rings (SSSR count). The number of hydrogen-bond donors (Lipinski definition) is 1. The zero-order valence-electron chi connectivity index (χ0n) is 11.7. The zero-order chi connectivity index (χ0) is 14.7. The Labute approximate surface area is 116 Å². The summed E-state index contributed by atoms with van der Waals surface area (Å²) in [6.07, 6.45) is 1.88. The lowest BCUT2D eigenvalue weighted by Gasteiger charge is -2.16. The van der Waals surface area contributed by atoms with Crippen molar-refractivity contribution in [1.82, 2.24) is 9.55 Å². The molecule has 6 heteroatoms. The lowest BCUT2D eigenvalue weighted by molar-refractivity contribution is 0.163. The largest absolute Gasteiger partial charge is 0.383 e. The van der Waals surface area contributed by atoms with Crippen molar-refractivity contribution in [3.63, 3.8) is 0 Å². The van der Waals surface area contributed by atoms with E-state index < -0.39 is 11.6 Å². The molecule has 20 heavy (non-hydrogen) atoms. The molecule has 108 valence electrons. The first-order chi connectivity index (χ1) is 9.51. The highest BCUT2D eigenvalue weighted by Gasteiger charge is 2.12. The van der Waals surface area contributed by atoms with E-state index in [1.807, 2.05) is 24.6 Å². The van der Waals surface area contributed by atoms with Crippen molar-refractivity contribution in [2.24, 2.45) is 0 Å². The Morgan fingerprint density at radius 2 is 2.10 bits per heavy atom. The highest BCUT2D eigenvalue weighted by Crippen LogP contribution is 2.22. The molecule has 0 radical (unpaired) electrons. The topological polar surface area (TPSA) is 39.1 Å². The van der Waals surface area contributed by atoms with Crippen LogP contribution < -0.4 is 5.32 Å². The molecule has 1 N–H and O–H groups in total. The predicted octanol–water partition coefficient (Wildman–Crippen LogP) is 3.42. The summed E-state index contributed by atoms with van der Waals surface area (Å²) in [6, 6.07) is 3.73. The molecular weight excluding hydrogens is 264 g/mol. The van der Waals surface area contributed by atoms with Gasteiger partial charge < -0.3 is 14.6 Å². The quantitative estimate of drug-likeness (QED) is 0.912. The molecule has 1 aromatic heterocycles. The lowest BCUT2D eigenvalue weighted by atomic mass is 10.3. The van der Waals surface area contributed by atoms with Crippen LogP contribution in [0, 0.1) is 18.6 Å². The number of ether oxygens (including phenoxy) is 1. The Morgan fingerprint density at radius 3 is 2.75 bits per heavy atom. The number of nitrogens with one attached hydrogen (secondary N) is 1. The molecule has 0 aliphatic rings. The van der Waals surface area contributed by atoms with Crippen molar-refractivity contribution in [3.8, 4) is 0 Å². The van der Waals surface area contributed by atoms with Gasteiger partial charge in [0.2, 0.25) is 5.95 Å². The summed E-state index contributed by atoms with van der Waals surface area (Å²) in [4.78, 5) is 4.34. The Morgan fingerprint density at radius 1 is 1.35 bits per heavy atom. The van der Waals surface area contributed by atoms with Gasteiger partial charge in [0.1, 0.15) is 0 Å². The molecule has 0 amide bonds. The van der Waals surface area contributed by atoms with Crippen LogP contribution in [0.1, 0.15) is 18.7 Å². The molecule has 0 aliphatic carbocycles. The molecule has 2 aromatic rings. The van der Waals surface area contributed by atoms with Gasteiger partial charge in [-0.1, -0.05) is 0 Å². The number of imidazole rings is 1. The smallest absolute Gasteiger partial charge is 0.207 e. The molecule has 0 saturated heterocycles. The van der Waals surface area contributed by atoms with Crippen molar-refractivity contribution in [3.05, 3.63) is 41.7 Å². The molecule has 1 unspecified atom stereocenters. The highest BCUT2D eigenvalue weighted by molar-refractivity contribution is 5.54. The molecule has 0 spiro atoms. The van der Waals surface area contributed by atoms with E-state index in [4.69, 9.17) is 4.74 Å².